The van der Waals surface area contributed by atoms with E-state index in [0.29, 0.717) is 0 Å². The van der Waals surface area contributed by atoms with E-state index in [1.807, 2.05) is 26.2 Å². The maximum absolute atomic E-state index is 5.30. The number of ether oxygens (including phenoxy) is 1. The van der Waals surface area contributed by atoms with E-state index < -0.39 is 0 Å². The minimum atomic E-state index is 0.860. The molecule has 0 radical (unpaired) electrons. The molecule has 0 N–H and O–H groups in total. The molecule has 1 saturated heterocycles. The van der Waals surface area contributed by atoms with E-state index in [0.717, 1.165) is 32.8 Å². The number of aromatic nitrogens is 1. The monoisotopic (exact) mass is 222 g/mol. The molecule has 0 unspecified atom stereocenters. The van der Waals surface area contributed by atoms with Crippen LogP contribution in [0.25, 0.3) is 0 Å². The van der Waals surface area contributed by atoms with Crippen molar-refractivity contribution in [2.24, 2.45) is 0 Å². The minimum Gasteiger partial charge on any atom is -0.379 e. The second kappa shape index (κ2) is 7.36. The Hall–Kier alpha value is -0.930. The highest BCUT2D eigenvalue weighted by Crippen LogP contribution is 2.07. The predicted molar refractivity (Wildman–Crippen MR) is 66.4 cm³/mol. The summed E-state index contributed by atoms with van der Waals surface area (Å²) in [6, 6.07) is 2.20. The number of morpholine rings is 1. The lowest BCUT2D eigenvalue weighted by atomic mass is 10.2. The zero-order chi connectivity index (χ0) is 11.8. The molecule has 1 aromatic rings. The summed E-state index contributed by atoms with van der Waals surface area (Å²) < 4.78 is 5.30. The second-order valence-corrected chi connectivity index (χ2v) is 3.76. The van der Waals surface area contributed by atoms with E-state index in [1.165, 1.54) is 11.1 Å². The molecule has 0 atom stereocenters. The van der Waals surface area contributed by atoms with Gasteiger partial charge in [-0.3, -0.25) is 9.88 Å². The highest BCUT2D eigenvalue weighted by molar-refractivity contribution is 5.16. The van der Waals surface area contributed by atoms with E-state index in [-0.39, 0.29) is 0 Å². The summed E-state index contributed by atoms with van der Waals surface area (Å²) in [5.41, 5.74) is 2.53. The second-order valence-electron chi connectivity index (χ2n) is 3.76. The third-order valence-corrected chi connectivity index (χ3v) is 2.44. The Kier molecular flexibility index (Phi) is 6.04. The van der Waals surface area contributed by atoms with Crippen molar-refractivity contribution in [2.75, 3.05) is 26.3 Å². The van der Waals surface area contributed by atoms with Crippen molar-refractivity contribution in [3.05, 3.63) is 29.6 Å². The summed E-state index contributed by atoms with van der Waals surface area (Å²) in [5.74, 6) is 0. The van der Waals surface area contributed by atoms with Crippen molar-refractivity contribution in [3.63, 3.8) is 0 Å². The van der Waals surface area contributed by atoms with Crippen LogP contribution in [-0.4, -0.2) is 36.2 Å². The van der Waals surface area contributed by atoms with Gasteiger partial charge in [0.05, 0.1) is 13.2 Å². The minimum absolute atomic E-state index is 0.860. The average Bonchev–Trinajstić information content (AvgIpc) is 2.33. The topological polar surface area (TPSA) is 25.4 Å². The van der Waals surface area contributed by atoms with E-state index in [9.17, 15) is 0 Å². The summed E-state index contributed by atoms with van der Waals surface area (Å²) in [4.78, 5) is 6.59. The SMILES string of the molecule is CC.Cc1cncc(CN2CCOCC2)c1. The molecule has 2 heterocycles. The predicted octanol–water partition coefficient (Wildman–Crippen LogP) is 2.25. The molecule has 3 heteroatoms. The lowest BCUT2D eigenvalue weighted by Gasteiger charge is -2.26. The van der Waals surface area contributed by atoms with Gasteiger partial charge in [0, 0.05) is 32.0 Å². The number of pyridine rings is 1. The molecule has 1 aliphatic rings. The Morgan fingerprint density at radius 1 is 1.25 bits per heavy atom. The van der Waals surface area contributed by atoms with E-state index in [4.69, 9.17) is 4.74 Å². The summed E-state index contributed by atoms with van der Waals surface area (Å²) in [7, 11) is 0. The summed E-state index contributed by atoms with van der Waals surface area (Å²) in [5, 5.41) is 0. The molecule has 1 aliphatic heterocycles. The first-order valence-electron chi connectivity index (χ1n) is 6.05. The first-order chi connectivity index (χ1) is 7.84. The van der Waals surface area contributed by atoms with Crippen molar-refractivity contribution in [3.8, 4) is 0 Å². The molecule has 0 amide bonds. The Balaban J connectivity index is 0.000000606. The Morgan fingerprint density at radius 2 is 1.94 bits per heavy atom. The lowest BCUT2D eigenvalue weighted by Crippen LogP contribution is -2.35. The van der Waals surface area contributed by atoms with Crippen LogP contribution in [0, 0.1) is 6.92 Å². The van der Waals surface area contributed by atoms with Gasteiger partial charge in [0.2, 0.25) is 0 Å². The Labute approximate surface area is 98.4 Å². The van der Waals surface area contributed by atoms with Crippen molar-refractivity contribution in [1.29, 1.82) is 0 Å². The number of hydrogen-bond acceptors (Lipinski definition) is 3. The fraction of sp³-hybridized carbons (Fsp3) is 0.615. The van der Waals surface area contributed by atoms with Crippen LogP contribution in [0.15, 0.2) is 18.5 Å². The maximum Gasteiger partial charge on any atom is 0.0594 e. The highest BCUT2D eigenvalue weighted by atomic mass is 16.5. The average molecular weight is 222 g/mol. The molecule has 90 valence electrons. The zero-order valence-electron chi connectivity index (χ0n) is 10.6. The Bertz CT molecular complexity index is 296. The number of hydrogen-bond donors (Lipinski definition) is 0. The van der Waals surface area contributed by atoms with Crippen LogP contribution in [0.2, 0.25) is 0 Å². The lowest BCUT2D eigenvalue weighted by molar-refractivity contribution is 0.0341. The molecular formula is C13H22N2O. The van der Waals surface area contributed by atoms with Crippen LogP contribution in [-0.2, 0) is 11.3 Å². The van der Waals surface area contributed by atoms with E-state index in [2.05, 4.69) is 22.9 Å². The first kappa shape index (κ1) is 13.1. The largest absolute Gasteiger partial charge is 0.379 e. The van der Waals surface area contributed by atoms with Gasteiger partial charge >= 0.3 is 0 Å². The van der Waals surface area contributed by atoms with Crippen LogP contribution in [0.1, 0.15) is 25.0 Å². The molecule has 0 saturated carbocycles. The van der Waals surface area contributed by atoms with Crippen LogP contribution >= 0.6 is 0 Å². The summed E-state index contributed by atoms with van der Waals surface area (Å²) >= 11 is 0. The van der Waals surface area contributed by atoms with Gasteiger partial charge in [-0.15, -0.1) is 0 Å². The molecule has 16 heavy (non-hydrogen) atoms. The molecule has 0 aliphatic carbocycles. The van der Waals surface area contributed by atoms with Gasteiger partial charge in [-0.1, -0.05) is 19.9 Å². The van der Waals surface area contributed by atoms with Gasteiger partial charge in [-0.25, -0.2) is 0 Å². The highest BCUT2D eigenvalue weighted by Gasteiger charge is 2.10. The van der Waals surface area contributed by atoms with Crippen LogP contribution < -0.4 is 0 Å². The molecule has 0 bridgehead atoms. The summed E-state index contributed by atoms with van der Waals surface area (Å²) in [6.07, 6.45) is 3.84. The smallest absolute Gasteiger partial charge is 0.0594 e. The van der Waals surface area contributed by atoms with Crippen molar-refractivity contribution >= 4 is 0 Å². The molecule has 0 spiro atoms. The van der Waals surface area contributed by atoms with Crippen LogP contribution in [0.4, 0.5) is 0 Å². The van der Waals surface area contributed by atoms with Gasteiger partial charge in [-0.05, 0) is 18.1 Å². The summed E-state index contributed by atoms with van der Waals surface area (Å²) in [6.45, 7) is 10.9. The molecule has 3 nitrogen and oxygen atoms in total. The molecule has 2 rings (SSSR count). The quantitative estimate of drug-likeness (QED) is 0.767. The van der Waals surface area contributed by atoms with Gasteiger partial charge in [0.25, 0.3) is 0 Å². The first-order valence-corrected chi connectivity index (χ1v) is 6.05. The molecule has 0 aromatic carbocycles. The molecular weight excluding hydrogens is 200 g/mol. The van der Waals surface area contributed by atoms with Crippen molar-refractivity contribution in [2.45, 2.75) is 27.3 Å². The van der Waals surface area contributed by atoms with Crippen molar-refractivity contribution < 1.29 is 4.74 Å². The van der Waals surface area contributed by atoms with Gasteiger partial charge in [0.1, 0.15) is 0 Å². The molecule has 1 fully saturated rings. The van der Waals surface area contributed by atoms with Crippen molar-refractivity contribution in [1.82, 2.24) is 9.88 Å². The molecule has 1 aromatic heterocycles. The van der Waals surface area contributed by atoms with Gasteiger partial charge in [-0.2, -0.15) is 0 Å². The standard InChI is InChI=1S/C11H16N2O.C2H6/c1-10-6-11(8-12-7-10)9-13-2-4-14-5-3-13;1-2/h6-8H,2-5,9H2,1H3;1-2H3. The van der Waals surface area contributed by atoms with E-state index in [1.54, 1.807) is 0 Å². The van der Waals surface area contributed by atoms with Gasteiger partial charge in [0.15, 0.2) is 0 Å². The zero-order valence-corrected chi connectivity index (χ0v) is 10.6. The number of rotatable bonds is 2. The van der Waals surface area contributed by atoms with Gasteiger partial charge < -0.3 is 4.74 Å². The fourth-order valence-electron chi connectivity index (χ4n) is 1.72. The number of aryl methyl sites for hydroxylation is 1. The van der Waals surface area contributed by atoms with E-state index >= 15 is 0 Å². The maximum atomic E-state index is 5.30. The fourth-order valence-corrected chi connectivity index (χ4v) is 1.72. The third-order valence-electron chi connectivity index (χ3n) is 2.44. The van der Waals surface area contributed by atoms with Crippen LogP contribution in [0.3, 0.4) is 0 Å². The number of nitrogens with zero attached hydrogens (tertiary/aromatic N) is 2. The third kappa shape index (κ3) is 4.29. The van der Waals surface area contributed by atoms with Crippen LogP contribution in [0.5, 0.6) is 0 Å². The normalized spacial score (nSPS) is 16.4. The Morgan fingerprint density at radius 3 is 2.56 bits per heavy atom.